The molecule has 1 nitrogen and oxygen atoms in total. The summed E-state index contributed by atoms with van der Waals surface area (Å²) in [5.74, 6) is 9.11. The maximum Gasteiger partial charge on any atom is 0.0983 e. The Hall–Kier alpha value is -0.0400. The van der Waals surface area contributed by atoms with E-state index in [0.717, 1.165) is 42.1 Å². The van der Waals surface area contributed by atoms with E-state index in [-0.39, 0.29) is 0 Å². The van der Waals surface area contributed by atoms with Crippen LogP contribution in [0.15, 0.2) is 0 Å². The second-order valence-electron chi connectivity index (χ2n) is 6.58. The van der Waals surface area contributed by atoms with Crippen molar-refractivity contribution in [2.45, 2.75) is 18.4 Å². The van der Waals surface area contributed by atoms with Gasteiger partial charge < -0.3 is 4.74 Å². The Kier molecular flexibility index (Phi) is 0.551. The molecule has 0 N–H and O–H groups in total. The van der Waals surface area contributed by atoms with E-state index in [1.54, 1.807) is 12.8 Å². The topological polar surface area (TPSA) is 12.5 Å². The first-order valence-electron chi connectivity index (χ1n) is 6.06. The highest BCUT2D eigenvalue weighted by Crippen LogP contribution is 2.87. The van der Waals surface area contributed by atoms with Gasteiger partial charge in [-0.15, -0.1) is 0 Å². The monoisotopic (exact) mass is 174 g/mol. The number of hydrogen-bond donors (Lipinski definition) is 0. The summed E-state index contributed by atoms with van der Waals surface area (Å²) in [5, 5.41) is 0. The molecular formula is C12H14O. The van der Waals surface area contributed by atoms with E-state index < -0.39 is 0 Å². The van der Waals surface area contributed by atoms with Crippen LogP contribution in [0.5, 0.6) is 0 Å². The zero-order chi connectivity index (χ0) is 7.95. The van der Waals surface area contributed by atoms with Crippen LogP contribution in [0.2, 0.25) is 0 Å². The Morgan fingerprint density at radius 2 is 1.38 bits per heavy atom. The molecule has 13 heavy (non-hydrogen) atoms. The minimum Gasteiger partial charge on any atom is -0.369 e. The lowest BCUT2D eigenvalue weighted by atomic mass is 9.71. The summed E-state index contributed by atoms with van der Waals surface area (Å²) in [6.07, 6.45) is 3.23. The lowest BCUT2D eigenvalue weighted by Crippen LogP contribution is -2.30. The van der Waals surface area contributed by atoms with E-state index in [1.165, 1.54) is 11.8 Å². The van der Waals surface area contributed by atoms with Crippen LogP contribution in [-0.4, -0.2) is 12.2 Å². The van der Waals surface area contributed by atoms with Crippen molar-refractivity contribution in [2.24, 2.45) is 47.3 Å². The molecule has 6 saturated carbocycles. The number of epoxide rings is 1. The molecule has 68 valence electrons. The third-order valence-electron chi connectivity index (χ3n) is 6.97. The van der Waals surface area contributed by atoms with Crippen LogP contribution in [0.25, 0.3) is 0 Å². The van der Waals surface area contributed by atoms with Gasteiger partial charge in [0.25, 0.3) is 0 Å². The molecule has 1 saturated heterocycles. The van der Waals surface area contributed by atoms with Gasteiger partial charge in [0.05, 0.1) is 12.2 Å². The Labute approximate surface area is 77.8 Å². The van der Waals surface area contributed by atoms with Gasteiger partial charge in [-0.2, -0.15) is 0 Å². The molecule has 1 spiro atoms. The van der Waals surface area contributed by atoms with E-state index in [1.807, 2.05) is 0 Å². The van der Waals surface area contributed by atoms with Gasteiger partial charge in [-0.05, 0) is 60.2 Å². The van der Waals surface area contributed by atoms with E-state index in [2.05, 4.69) is 0 Å². The lowest BCUT2D eigenvalue weighted by molar-refractivity contribution is 0.132. The summed E-state index contributed by atoms with van der Waals surface area (Å²) >= 11 is 0. The Morgan fingerprint density at radius 3 is 1.85 bits per heavy atom. The highest BCUT2D eigenvalue weighted by molar-refractivity contribution is 5.35. The van der Waals surface area contributed by atoms with Crippen molar-refractivity contribution >= 4 is 0 Å². The maximum atomic E-state index is 5.92. The summed E-state index contributed by atoms with van der Waals surface area (Å²) in [6.45, 7) is 1.15. The van der Waals surface area contributed by atoms with Crippen molar-refractivity contribution in [3.05, 3.63) is 0 Å². The third-order valence-corrected chi connectivity index (χ3v) is 6.97. The number of rotatable bonds is 0. The summed E-state index contributed by atoms with van der Waals surface area (Å²) in [5.41, 5.74) is 0.505. The second-order valence-corrected chi connectivity index (χ2v) is 6.58. The van der Waals surface area contributed by atoms with Crippen molar-refractivity contribution in [1.29, 1.82) is 0 Å². The normalized spacial score (nSPS) is 88.6. The first-order valence-corrected chi connectivity index (χ1v) is 6.06. The fourth-order valence-electron chi connectivity index (χ4n) is 7.29. The molecule has 6 aliphatic carbocycles. The van der Waals surface area contributed by atoms with Gasteiger partial charge in [0, 0.05) is 0 Å². The van der Waals surface area contributed by atoms with Crippen LogP contribution in [0.1, 0.15) is 12.8 Å². The number of hydrogen-bond acceptors (Lipinski definition) is 1. The number of ether oxygens (including phenoxy) is 1. The molecule has 0 aromatic carbocycles. The van der Waals surface area contributed by atoms with E-state index >= 15 is 0 Å². The summed E-state index contributed by atoms with van der Waals surface area (Å²) in [7, 11) is 0. The molecule has 0 aromatic heterocycles. The van der Waals surface area contributed by atoms with Crippen LogP contribution in [0.4, 0.5) is 0 Å². The quantitative estimate of drug-likeness (QED) is 0.507. The average molecular weight is 174 g/mol. The van der Waals surface area contributed by atoms with E-state index in [0.29, 0.717) is 5.60 Å². The molecule has 6 bridgehead atoms. The van der Waals surface area contributed by atoms with Crippen LogP contribution >= 0.6 is 0 Å². The van der Waals surface area contributed by atoms with Crippen molar-refractivity contribution < 1.29 is 4.74 Å². The molecule has 1 heteroatoms. The van der Waals surface area contributed by atoms with Crippen molar-refractivity contribution in [2.75, 3.05) is 6.61 Å². The van der Waals surface area contributed by atoms with Crippen LogP contribution < -0.4 is 0 Å². The van der Waals surface area contributed by atoms with Gasteiger partial charge in [0.15, 0.2) is 0 Å². The first-order chi connectivity index (χ1) is 6.42. The molecule has 0 aromatic rings. The lowest BCUT2D eigenvalue weighted by Gasteiger charge is -2.33. The fourth-order valence-corrected chi connectivity index (χ4v) is 7.29. The van der Waals surface area contributed by atoms with E-state index in [4.69, 9.17) is 4.74 Å². The molecule has 1 aliphatic heterocycles. The molecule has 1 unspecified atom stereocenters. The first kappa shape index (κ1) is 5.75. The minimum atomic E-state index is 0.505. The van der Waals surface area contributed by atoms with Crippen molar-refractivity contribution in [3.63, 3.8) is 0 Å². The summed E-state index contributed by atoms with van der Waals surface area (Å²) in [4.78, 5) is 0. The Bertz CT molecular complexity index is 315. The predicted molar refractivity (Wildman–Crippen MR) is 45.8 cm³/mol. The van der Waals surface area contributed by atoms with E-state index in [9.17, 15) is 0 Å². The zero-order valence-corrected chi connectivity index (χ0v) is 7.65. The molecule has 7 rings (SSSR count). The van der Waals surface area contributed by atoms with Gasteiger partial charge in [0.2, 0.25) is 0 Å². The Balaban J connectivity index is 1.78. The average Bonchev–Trinajstić information content (AvgIpc) is 2.43. The highest BCUT2D eigenvalue weighted by Gasteiger charge is 2.88. The molecule has 9 atom stereocenters. The molecular weight excluding hydrogens is 160 g/mol. The van der Waals surface area contributed by atoms with Gasteiger partial charge >= 0.3 is 0 Å². The molecule has 0 radical (unpaired) electrons. The fraction of sp³-hybridized carbons (Fsp3) is 1.00. The van der Waals surface area contributed by atoms with Gasteiger partial charge in [-0.3, -0.25) is 0 Å². The van der Waals surface area contributed by atoms with Crippen LogP contribution in [0, 0.1) is 47.3 Å². The molecule has 7 fully saturated rings. The van der Waals surface area contributed by atoms with Crippen LogP contribution in [0.3, 0.4) is 0 Å². The highest BCUT2D eigenvalue weighted by atomic mass is 16.6. The maximum absolute atomic E-state index is 5.92. The molecule has 1 heterocycles. The predicted octanol–water partition coefficient (Wildman–Crippen LogP) is 1.53. The summed E-state index contributed by atoms with van der Waals surface area (Å²) < 4.78 is 5.92. The van der Waals surface area contributed by atoms with Crippen molar-refractivity contribution in [3.8, 4) is 0 Å². The second kappa shape index (κ2) is 1.25. The smallest absolute Gasteiger partial charge is 0.0983 e. The van der Waals surface area contributed by atoms with Gasteiger partial charge in [0.1, 0.15) is 0 Å². The van der Waals surface area contributed by atoms with Crippen LogP contribution in [-0.2, 0) is 4.74 Å². The van der Waals surface area contributed by atoms with Crippen molar-refractivity contribution in [1.82, 2.24) is 0 Å². The minimum absolute atomic E-state index is 0.505. The third kappa shape index (κ3) is 0.319. The van der Waals surface area contributed by atoms with Gasteiger partial charge in [-0.25, -0.2) is 0 Å². The Morgan fingerprint density at radius 1 is 0.846 bits per heavy atom. The summed E-state index contributed by atoms with van der Waals surface area (Å²) in [6, 6.07) is 0. The SMILES string of the molecule is C1[C@H]2[C@H]3C[C@H]4[C@@H]2[C@H]2[C@@H]1[C@H]3[C@H]4C21CO1. The largest absolute Gasteiger partial charge is 0.369 e. The molecule has 0 amide bonds. The standard InChI is InChI=1S/C12H14O/c1-4-5-2-7-8(4)10-6(1)9(5)11(7)12(10)3-13-12/h4-11H,1-3H2/t4-,5+,6-,7-,8+,9-,10+,11-,12?/m0/s1. The molecule has 7 aliphatic rings. The van der Waals surface area contributed by atoms with Gasteiger partial charge in [-0.1, -0.05) is 0 Å². The zero-order valence-electron chi connectivity index (χ0n) is 7.65.